The summed E-state index contributed by atoms with van der Waals surface area (Å²) in [6, 6.07) is -0.738. The fourth-order valence-electron chi connectivity index (χ4n) is 3.06. The number of alkyl carbamates (subject to hydrolysis) is 1. The highest BCUT2D eigenvalue weighted by Gasteiger charge is 2.34. The number of nitrogens with one attached hydrogen (secondary N) is 3. The molecule has 0 unspecified atom stereocenters. The number of rotatable bonds is 8. The van der Waals surface area contributed by atoms with E-state index in [0.29, 0.717) is 25.9 Å². The van der Waals surface area contributed by atoms with Gasteiger partial charge in [0.25, 0.3) is 0 Å². The smallest absolute Gasteiger partial charge is 0.408 e. The molecular weight excluding hydrogens is 408 g/mol. The van der Waals surface area contributed by atoms with Gasteiger partial charge in [-0.3, -0.25) is 19.2 Å². The fourth-order valence-corrected chi connectivity index (χ4v) is 3.06. The summed E-state index contributed by atoms with van der Waals surface area (Å²) in [5, 5.41) is 15.8. The van der Waals surface area contributed by atoms with Gasteiger partial charge in [-0.2, -0.15) is 0 Å². The highest BCUT2D eigenvalue weighted by atomic mass is 16.6. The summed E-state index contributed by atoms with van der Waals surface area (Å²) in [7, 11) is 0. The zero-order valence-electron chi connectivity index (χ0n) is 18.8. The lowest BCUT2D eigenvalue weighted by molar-refractivity contribution is -0.139. The topological polar surface area (TPSA) is 154 Å². The first-order valence-electron chi connectivity index (χ1n) is 10.3. The molecule has 1 atom stereocenters. The second-order valence-electron chi connectivity index (χ2n) is 8.86. The van der Waals surface area contributed by atoms with Gasteiger partial charge in [0.2, 0.25) is 17.7 Å². The molecule has 176 valence electrons. The summed E-state index contributed by atoms with van der Waals surface area (Å²) in [5.74, 6) is -2.80. The Balaban J connectivity index is 2.52. The average Bonchev–Trinajstić information content (AvgIpc) is 2.66. The molecule has 11 nitrogen and oxygen atoms in total. The summed E-state index contributed by atoms with van der Waals surface area (Å²) in [6.45, 7) is 8.76. The first-order chi connectivity index (χ1) is 14.3. The Hall–Kier alpha value is -2.85. The maximum absolute atomic E-state index is 12.9. The van der Waals surface area contributed by atoms with Crippen molar-refractivity contribution in [2.24, 2.45) is 11.8 Å². The van der Waals surface area contributed by atoms with Crippen LogP contribution in [0.4, 0.5) is 4.79 Å². The minimum absolute atomic E-state index is 0.148. The fraction of sp³-hybridized carbons (Fsp3) is 0.750. The monoisotopic (exact) mass is 442 g/mol. The van der Waals surface area contributed by atoms with E-state index in [4.69, 9.17) is 9.84 Å². The summed E-state index contributed by atoms with van der Waals surface area (Å²) in [6.07, 6.45) is 0.187. The van der Waals surface area contributed by atoms with Gasteiger partial charge in [0.15, 0.2) is 0 Å². The Morgan fingerprint density at radius 2 is 1.61 bits per heavy atom. The number of nitrogens with zero attached hydrogens (tertiary/aromatic N) is 1. The molecule has 1 heterocycles. The van der Waals surface area contributed by atoms with Crippen LogP contribution in [-0.2, 0) is 23.9 Å². The van der Waals surface area contributed by atoms with Crippen molar-refractivity contribution in [1.82, 2.24) is 20.9 Å². The van der Waals surface area contributed by atoms with Gasteiger partial charge >= 0.3 is 12.1 Å². The van der Waals surface area contributed by atoms with Crippen LogP contribution in [0, 0.1) is 11.8 Å². The molecule has 11 heteroatoms. The second kappa shape index (κ2) is 11.5. The summed E-state index contributed by atoms with van der Waals surface area (Å²) in [4.78, 5) is 60.8. The van der Waals surface area contributed by atoms with E-state index in [1.54, 1.807) is 25.7 Å². The van der Waals surface area contributed by atoms with Crippen LogP contribution in [0.3, 0.4) is 0 Å². The van der Waals surface area contributed by atoms with Gasteiger partial charge < -0.3 is 30.7 Å². The third-order valence-corrected chi connectivity index (χ3v) is 4.64. The number of carbonyl (C=O) groups excluding carboxylic acids is 4. The average molecular weight is 443 g/mol. The minimum Gasteiger partial charge on any atom is -0.480 e. The molecule has 0 bridgehead atoms. The highest BCUT2D eigenvalue weighted by Crippen LogP contribution is 2.19. The van der Waals surface area contributed by atoms with Crippen LogP contribution in [0.15, 0.2) is 0 Å². The van der Waals surface area contributed by atoms with Gasteiger partial charge in [-0.15, -0.1) is 0 Å². The quantitative estimate of drug-likeness (QED) is 0.415. The maximum atomic E-state index is 12.9. The Morgan fingerprint density at radius 3 is 2.10 bits per heavy atom. The van der Waals surface area contributed by atoms with Crippen molar-refractivity contribution in [2.75, 3.05) is 26.2 Å². The van der Waals surface area contributed by atoms with Crippen molar-refractivity contribution in [3.63, 3.8) is 0 Å². The molecule has 31 heavy (non-hydrogen) atoms. The lowest BCUT2D eigenvalue weighted by atomic mass is 9.94. The van der Waals surface area contributed by atoms with Gasteiger partial charge in [0.1, 0.15) is 18.2 Å². The molecule has 1 rings (SSSR count). The minimum atomic E-state index is -1.17. The van der Waals surface area contributed by atoms with E-state index in [2.05, 4.69) is 16.0 Å². The standard InChI is InChI=1S/C20H34N4O7/c1-12(2)16(23-19(30)31-20(3,4)5)18(29)24-8-6-13(7-9-24)17(28)22-10-14(25)21-11-15(26)27/h12-13,16H,6-11H2,1-5H3,(H,21,25)(H,22,28)(H,23,30)(H,26,27)/t16-/m0/s1. The first kappa shape index (κ1) is 26.2. The number of carboxylic acids is 1. The van der Waals surface area contributed by atoms with Gasteiger partial charge in [0, 0.05) is 19.0 Å². The SMILES string of the molecule is CC(C)[C@H](NC(=O)OC(C)(C)C)C(=O)N1CCC(C(=O)NCC(=O)NCC(=O)O)CC1. The molecule has 0 aromatic rings. The summed E-state index contributed by atoms with van der Waals surface area (Å²) >= 11 is 0. The molecule has 0 aromatic carbocycles. The van der Waals surface area contributed by atoms with E-state index in [0.717, 1.165) is 0 Å². The molecule has 1 saturated heterocycles. The van der Waals surface area contributed by atoms with Gasteiger partial charge in [-0.25, -0.2) is 4.79 Å². The molecule has 4 amide bonds. The normalized spacial score (nSPS) is 15.7. The number of aliphatic carboxylic acids is 1. The Labute approximate surface area is 182 Å². The van der Waals surface area contributed by atoms with Crippen molar-refractivity contribution >= 4 is 29.8 Å². The number of hydrogen-bond donors (Lipinski definition) is 4. The first-order valence-corrected chi connectivity index (χ1v) is 10.3. The Morgan fingerprint density at radius 1 is 1.03 bits per heavy atom. The number of carbonyl (C=O) groups is 5. The number of ether oxygens (including phenoxy) is 1. The van der Waals surface area contributed by atoms with E-state index < -0.39 is 36.2 Å². The van der Waals surface area contributed by atoms with Crippen LogP contribution < -0.4 is 16.0 Å². The Kier molecular flexibility index (Phi) is 9.73. The van der Waals surface area contributed by atoms with Crippen molar-refractivity contribution in [1.29, 1.82) is 0 Å². The molecule has 0 aliphatic carbocycles. The Bertz CT molecular complexity index is 680. The number of hydrogen-bond acceptors (Lipinski definition) is 6. The predicted octanol–water partition coefficient (Wildman–Crippen LogP) is 0.0913. The van der Waals surface area contributed by atoms with E-state index in [1.165, 1.54) is 0 Å². The zero-order chi connectivity index (χ0) is 23.8. The van der Waals surface area contributed by atoms with Crippen LogP contribution in [-0.4, -0.2) is 77.6 Å². The third-order valence-electron chi connectivity index (χ3n) is 4.64. The molecule has 0 saturated carbocycles. The number of piperidine rings is 1. The van der Waals surface area contributed by atoms with Crippen molar-refractivity contribution in [2.45, 2.75) is 59.1 Å². The number of carboxylic acid groups (broad SMARTS) is 1. The van der Waals surface area contributed by atoms with Crippen molar-refractivity contribution in [3.8, 4) is 0 Å². The maximum Gasteiger partial charge on any atom is 0.408 e. The molecule has 0 radical (unpaired) electrons. The molecule has 4 N–H and O–H groups in total. The van der Waals surface area contributed by atoms with E-state index in [9.17, 15) is 24.0 Å². The van der Waals surface area contributed by atoms with Crippen LogP contribution >= 0.6 is 0 Å². The summed E-state index contributed by atoms with van der Waals surface area (Å²) < 4.78 is 5.24. The second-order valence-corrected chi connectivity index (χ2v) is 8.86. The molecule has 1 aliphatic rings. The summed E-state index contributed by atoms with van der Waals surface area (Å²) in [5.41, 5.74) is -0.676. The zero-order valence-corrected chi connectivity index (χ0v) is 18.8. The lowest BCUT2D eigenvalue weighted by Crippen LogP contribution is -2.54. The van der Waals surface area contributed by atoms with E-state index in [1.807, 2.05) is 13.8 Å². The van der Waals surface area contributed by atoms with Gasteiger partial charge in [-0.05, 0) is 39.5 Å². The van der Waals surface area contributed by atoms with E-state index >= 15 is 0 Å². The van der Waals surface area contributed by atoms with Crippen LogP contribution in [0.5, 0.6) is 0 Å². The predicted molar refractivity (Wildman–Crippen MR) is 111 cm³/mol. The molecule has 0 spiro atoms. The van der Waals surface area contributed by atoms with Crippen LogP contribution in [0.25, 0.3) is 0 Å². The van der Waals surface area contributed by atoms with Gasteiger partial charge in [-0.1, -0.05) is 13.8 Å². The van der Waals surface area contributed by atoms with Crippen molar-refractivity contribution < 1.29 is 33.8 Å². The van der Waals surface area contributed by atoms with Crippen LogP contribution in [0.1, 0.15) is 47.5 Å². The third kappa shape index (κ3) is 9.67. The van der Waals surface area contributed by atoms with Crippen LogP contribution in [0.2, 0.25) is 0 Å². The lowest BCUT2D eigenvalue weighted by Gasteiger charge is -2.35. The largest absolute Gasteiger partial charge is 0.480 e. The molecular formula is C20H34N4O7. The van der Waals surface area contributed by atoms with Gasteiger partial charge in [0.05, 0.1) is 6.54 Å². The van der Waals surface area contributed by atoms with Crippen molar-refractivity contribution in [3.05, 3.63) is 0 Å². The number of likely N-dealkylation sites (tertiary alicyclic amines) is 1. The molecule has 0 aromatic heterocycles. The van der Waals surface area contributed by atoms with E-state index in [-0.39, 0.29) is 30.2 Å². The number of amides is 4. The molecule has 1 fully saturated rings. The molecule has 1 aliphatic heterocycles. The highest BCUT2D eigenvalue weighted by molar-refractivity contribution is 5.88.